The molecule has 0 aromatic carbocycles. The number of thiophene rings is 1. The van der Waals surface area contributed by atoms with Crippen LogP contribution in [-0.2, 0) is 4.79 Å². The van der Waals surface area contributed by atoms with Crippen molar-refractivity contribution < 1.29 is 9.59 Å². The summed E-state index contributed by atoms with van der Waals surface area (Å²) in [5, 5.41) is 1.94. The fourth-order valence-electron chi connectivity index (χ4n) is 1.95. The van der Waals surface area contributed by atoms with Gasteiger partial charge in [-0.25, -0.2) is 0 Å². The van der Waals surface area contributed by atoms with Crippen LogP contribution in [0.3, 0.4) is 0 Å². The number of primary amides is 1. The second kappa shape index (κ2) is 3.90. The molecule has 5 heteroatoms. The predicted octanol–water partition coefficient (Wildman–Crippen LogP) is 1.26. The molecular weight excluding hydrogens is 224 g/mol. The van der Waals surface area contributed by atoms with Crippen molar-refractivity contribution in [1.82, 2.24) is 0 Å². The number of hydrogen-bond acceptors (Lipinski definition) is 4. The van der Waals surface area contributed by atoms with Crippen LogP contribution >= 0.6 is 11.3 Å². The number of hydrogen-bond donors (Lipinski definition) is 1. The minimum atomic E-state index is -0.441. The molecule has 0 bridgehead atoms. The first-order valence-electron chi connectivity index (χ1n) is 5.14. The summed E-state index contributed by atoms with van der Waals surface area (Å²) in [4.78, 5) is 24.7. The zero-order valence-corrected chi connectivity index (χ0v) is 9.92. The van der Waals surface area contributed by atoms with E-state index in [2.05, 4.69) is 4.90 Å². The molecule has 1 aromatic rings. The van der Waals surface area contributed by atoms with Gasteiger partial charge in [-0.2, -0.15) is 0 Å². The van der Waals surface area contributed by atoms with Crippen LogP contribution in [0.2, 0.25) is 0 Å². The predicted molar refractivity (Wildman–Crippen MR) is 63.8 cm³/mol. The first-order chi connectivity index (χ1) is 7.55. The van der Waals surface area contributed by atoms with E-state index >= 15 is 0 Å². The minimum Gasteiger partial charge on any atom is -0.370 e. The summed E-state index contributed by atoms with van der Waals surface area (Å²) in [6.07, 6.45) is 1.62. The maximum atomic E-state index is 11.3. The van der Waals surface area contributed by atoms with Crippen molar-refractivity contribution in [3.05, 3.63) is 16.3 Å². The van der Waals surface area contributed by atoms with E-state index in [1.54, 1.807) is 0 Å². The number of carbonyl (C=O) groups excluding carboxylic acids is 2. The Morgan fingerprint density at radius 1 is 1.69 bits per heavy atom. The average molecular weight is 238 g/mol. The largest absolute Gasteiger partial charge is 0.370 e. The molecule has 1 unspecified atom stereocenters. The van der Waals surface area contributed by atoms with E-state index in [4.69, 9.17) is 5.73 Å². The molecule has 1 amide bonds. The molecule has 1 saturated heterocycles. The molecule has 1 aliphatic rings. The third-order valence-corrected chi connectivity index (χ3v) is 4.00. The van der Waals surface area contributed by atoms with Crippen molar-refractivity contribution in [2.45, 2.75) is 13.3 Å². The van der Waals surface area contributed by atoms with Crippen LogP contribution in [0.1, 0.15) is 23.0 Å². The van der Waals surface area contributed by atoms with Crippen molar-refractivity contribution >= 4 is 29.2 Å². The zero-order chi connectivity index (χ0) is 11.8. The van der Waals surface area contributed by atoms with Gasteiger partial charge >= 0.3 is 0 Å². The number of carbonyl (C=O) groups is 2. The third-order valence-electron chi connectivity index (χ3n) is 3.16. The Balaban J connectivity index is 2.14. The lowest BCUT2D eigenvalue weighted by atomic mass is 9.89. The van der Waals surface area contributed by atoms with Crippen LogP contribution in [0.4, 0.5) is 5.69 Å². The van der Waals surface area contributed by atoms with Gasteiger partial charge in [-0.1, -0.05) is 0 Å². The first-order valence-corrected chi connectivity index (χ1v) is 6.02. The first kappa shape index (κ1) is 11.1. The molecule has 16 heavy (non-hydrogen) atoms. The van der Waals surface area contributed by atoms with Gasteiger partial charge in [0.15, 0.2) is 6.29 Å². The molecule has 4 nitrogen and oxygen atoms in total. The topological polar surface area (TPSA) is 63.4 Å². The van der Waals surface area contributed by atoms with Gasteiger partial charge in [-0.05, 0) is 19.4 Å². The molecule has 0 saturated carbocycles. The molecular formula is C11H14N2O2S. The molecule has 2 N–H and O–H groups in total. The fraction of sp³-hybridized carbons (Fsp3) is 0.455. The lowest BCUT2D eigenvalue weighted by molar-refractivity contribution is -0.125. The van der Waals surface area contributed by atoms with Crippen molar-refractivity contribution in [1.29, 1.82) is 0 Å². The molecule has 1 atom stereocenters. The molecule has 86 valence electrons. The molecule has 0 aliphatic carbocycles. The van der Waals surface area contributed by atoms with Gasteiger partial charge in [0, 0.05) is 24.2 Å². The number of nitrogens with two attached hydrogens (primary N) is 1. The van der Waals surface area contributed by atoms with Crippen molar-refractivity contribution in [2.75, 3.05) is 18.0 Å². The maximum absolute atomic E-state index is 11.3. The summed E-state index contributed by atoms with van der Waals surface area (Å²) in [5.74, 6) is -0.249. The number of rotatable bonds is 3. The van der Waals surface area contributed by atoms with Gasteiger partial charge in [-0.3, -0.25) is 9.59 Å². The van der Waals surface area contributed by atoms with Crippen molar-refractivity contribution in [2.24, 2.45) is 11.1 Å². The van der Waals surface area contributed by atoms with E-state index in [-0.39, 0.29) is 5.91 Å². The minimum absolute atomic E-state index is 0.249. The molecule has 1 fully saturated rings. The zero-order valence-electron chi connectivity index (χ0n) is 9.10. The van der Waals surface area contributed by atoms with E-state index in [1.807, 2.05) is 18.4 Å². The lowest BCUT2D eigenvalue weighted by Gasteiger charge is -2.21. The smallest absolute Gasteiger partial charge is 0.225 e. The van der Waals surface area contributed by atoms with Gasteiger partial charge in [0.25, 0.3) is 0 Å². The maximum Gasteiger partial charge on any atom is 0.225 e. The van der Waals surface area contributed by atoms with Crippen LogP contribution in [0.5, 0.6) is 0 Å². The summed E-state index contributed by atoms with van der Waals surface area (Å²) in [6.45, 7) is 3.34. The number of nitrogens with zero attached hydrogens (tertiary/aromatic N) is 1. The monoisotopic (exact) mass is 238 g/mol. The van der Waals surface area contributed by atoms with Crippen molar-refractivity contribution in [3.63, 3.8) is 0 Å². The molecule has 1 aliphatic heterocycles. The van der Waals surface area contributed by atoms with E-state index in [0.29, 0.717) is 11.4 Å². The fourth-order valence-corrected chi connectivity index (χ4v) is 2.67. The van der Waals surface area contributed by atoms with E-state index in [1.165, 1.54) is 11.3 Å². The summed E-state index contributed by atoms with van der Waals surface area (Å²) in [6, 6.07) is 1.85. The lowest BCUT2D eigenvalue weighted by Crippen LogP contribution is -2.37. The molecule has 2 heterocycles. The Labute approximate surface area is 98.0 Å². The highest BCUT2D eigenvalue weighted by Crippen LogP contribution is 2.34. The van der Waals surface area contributed by atoms with Crippen molar-refractivity contribution in [3.8, 4) is 0 Å². The Hall–Kier alpha value is -1.36. The molecule has 2 rings (SSSR count). The molecule has 0 spiro atoms. The van der Waals surface area contributed by atoms with E-state index < -0.39 is 5.41 Å². The van der Waals surface area contributed by atoms with E-state index in [0.717, 1.165) is 24.9 Å². The summed E-state index contributed by atoms with van der Waals surface area (Å²) < 4.78 is 0. The third kappa shape index (κ3) is 1.82. The Bertz CT molecular complexity index is 429. The highest BCUT2D eigenvalue weighted by molar-refractivity contribution is 7.12. The second-order valence-electron chi connectivity index (χ2n) is 4.42. The van der Waals surface area contributed by atoms with Crippen LogP contribution in [0.25, 0.3) is 0 Å². The average Bonchev–Trinajstić information content (AvgIpc) is 2.84. The number of amides is 1. The SMILES string of the molecule is CC1(C(N)=O)CCN(c2csc(C=O)c2)C1. The Morgan fingerprint density at radius 2 is 2.44 bits per heavy atom. The molecule has 0 radical (unpaired) electrons. The van der Waals surface area contributed by atoms with Gasteiger partial charge < -0.3 is 10.6 Å². The Morgan fingerprint density at radius 3 is 2.94 bits per heavy atom. The Kier molecular flexibility index (Phi) is 2.71. The second-order valence-corrected chi connectivity index (χ2v) is 5.36. The van der Waals surface area contributed by atoms with Gasteiger partial charge in [0.05, 0.1) is 10.3 Å². The summed E-state index contributed by atoms with van der Waals surface area (Å²) in [7, 11) is 0. The van der Waals surface area contributed by atoms with Crippen LogP contribution < -0.4 is 10.6 Å². The van der Waals surface area contributed by atoms with Crippen LogP contribution in [0, 0.1) is 5.41 Å². The highest BCUT2D eigenvalue weighted by Gasteiger charge is 2.39. The van der Waals surface area contributed by atoms with Gasteiger partial charge in [0.2, 0.25) is 5.91 Å². The highest BCUT2D eigenvalue weighted by atomic mass is 32.1. The summed E-state index contributed by atoms with van der Waals surface area (Å²) >= 11 is 1.42. The van der Waals surface area contributed by atoms with Crippen LogP contribution in [0.15, 0.2) is 11.4 Å². The molecule has 1 aromatic heterocycles. The summed E-state index contributed by atoms with van der Waals surface area (Å²) in [5.41, 5.74) is 5.95. The van der Waals surface area contributed by atoms with Crippen LogP contribution in [-0.4, -0.2) is 25.3 Å². The number of anilines is 1. The van der Waals surface area contributed by atoms with Gasteiger partial charge in [-0.15, -0.1) is 11.3 Å². The normalized spacial score (nSPS) is 24.7. The standard InChI is InChI=1S/C11H14N2O2S/c1-11(10(12)15)2-3-13(7-11)8-4-9(5-14)16-6-8/h4-6H,2-3,7H2,1H3,(H2,12,15). The van der Waals surface area contributed by atoms with E-state index in [9.17, 15) is 9.59 Å². The van der Waals surface area contributed by atoms with Gasteiger partial charge in [0.1, 0.15) is 0 Å². The number of aldehydes is 1. The quantitative estimate of drug-likeness (QED) is 0.806.